The van der Waals surface area contributed by atoms with Gasteiger partial charge in [-0.3, -0.25) is 9.78 Å². The summed E-state index contributed by atoms with van der Waals surface area (Å²) >= 11 is 0. The standard InChI is InChI=1S/C15H13F3N2O4S/c1-7-4-10-6-20-11(13(10)19-9(7)3)5-12(8(2)14(20)21)24-25(22,23)15(16,17)18/h4-5H,6H2,1-3H3. The Morgan fingerprint density at radius 3 is 2.44 bits per heavy atom. The second kappa shape index (κ2) is 5.32. The maximum atomic E-state index is 12.6. The molecule has 0 fully saturated rings. The topological polar surface area (TPSA) is 78.3 Å². The van der Waals surface area contributed by atoms with Crippen molar-refractivity contribution < 1.29 is 25.8 Å². The molecule has 2 aromatic rings. The zero-order valence-electron chi connectivity index (χ0n) is 13.4. The van der Waals surface area contributed by atoms with Gasteiger partial charge in [-0.15, -0.1) is 0 Å². The van der Waals surface area contributed by atoms with Crippen LogP contribution in [0.25, 0.3) is 11.4 Å². The average molecular weight is 374 g/mol. The lowest BCUT2D eigenvalue weighted by molar-refractivity contribution is -0.0500. The van der Waals surface area contributed by atoms with Crippen LogP contribution in [0.3, 0.4) is 0 Å². The zero-order chi connectivity index (χ0) is 18.7. The minimum atomic E-state index is -5.87. The second-order valence-electron chi connectivity index (χ2n) is 5.79. The van der Waals surface area contributed by atoms with Gasteiger partial charge in [-0.25, -0.2) is 0 Å². The molecule has 10 heteroatoms. The molecule has 0 atom stereocenters. The highest BCUT2D eigenvalue weighted by molar-refractivity contribution is 7.88. The summed E-state index contributed by atoms with van der Waals surface area (Å²) in [6.45, 7) is 5.04. The maximum Gasteiger partial charge on any atom is 0.534 e. The van der Waals surface area contributed by atoms with Gasteiger partial charge in [0.25, 0.3) is 5.56 Å². The first-order valence-corrected chi connectivity index (χ1v) is 8.56. The molecule has 2 aromatic heterocycles. The molecule has 0 spiro atoms. The summed E-state index contributed by atoms with van der Waals surface area (Å²) in [5, 5.41) is 0. The van der Waals surface area contributed by atoms with Crippen LogP contribution in [0.2, 0.25) is 0 Å². The van der Waals surface area contributed by atoms with E-state index in [0.29, 0.717) is 11.4 Å². The summed E-state index contributed by atoms with van der Waals surface area (Å²) in [5.41, 5.74) is -3.45. The first-order valence-electron chi connectivity index (χ1n) is 7.15. The minimum Gasteiger partial charge on any atom is -0.375 e. The molecule has 0 unspecified atom stereocenters. The van der Waals surface area contributed by atoms with Crippen molar-refractivity contribution in [3.63, 3.8) is 0 Å². The van der Waals surface area contributed by atoms with E-state index >= 15 is 0 Å². The number of aryl methyl sites for hydroxylation is 2. The predicted octanol–water partition coefficient (Wildman–Crippen LogP) is 2.43. The quantitative estimate of drug-likeness (QED) is 0.509. The lowest BCUT2D eigenvalue weighted by Crippen LogP contribution is -2.30. The summed E-state index contributed by atoms with van der Waals surface area (Å²) in [5.74, 6) is -0.651. The van der Waals surface area contributed by atoms with Gasteiger partial charge in [0, 0.05) is 17.3 Å². The highest BCUT2D eigenvalue weighted by Crippen LogP contribution is 2.35. The molecule has 1 aliphatic rings. The molecule has 0 amide bonds. The number of alkyl halides is 3. The van der Waals surface area contributed by atoms with E-state index in [9.17, 15) is 26.4 Å². The highest BCUT2D eigenvalue weighted by atomic mass is 32.2. The van der Waals surface area contributed by atoms with Gasteiger partial charge < -0.3 is 8.75 Å². The van der Waals surface area contributed by atoms with Crippen molar-refractivity contribution in [2.24, 2.45) is 0 Å². The third-order valence-electron chi connectivity index (χ3n) is 4.09. The third-order valence-corrected chi connectivity index (χ3v) is 5.06. The van der Waals surface area contributed by atoms with Crippen LogP contribution in [0.15, 0.2) is 16.9 Å². The van der Waals surface area contributed by atoms with Gasteiger partial charge in [0.1, 0.15) is 0 Å². The molecule has 6 nitrogen and oxygen atoms in total. The van der Waals surface area contributed by atoms with E-state index in [0.717, 1.165) is 17.2 Å². The summed E-state index contributed by atoms with van der Waals surface area (Å²) in [6, 6.07) is 2.94. The van der Waals surface area contributed by atoms with Gasteiger partial charge in [0.2, 0.25) is 0 Å². The lowest BCUT2D eigenvalue weighted by Gasteiger charge is -2.13. The van der Waals surface area contributed by atoms with Gasteiger partial charge in [0.15, 0.2) is 5.75 Å². The molecular formula is C15H13F3N2O4S. The molecule has 0 bridgehead atoms. The van der Waals surface area contributed by atoms with Crippen LogP contribution < -0.4 is 9.74 Å². The molecule has 1 aliphatic heterocycles. The van der Waals surface area contributed by atoms with Crippen molar-refractivity contribution in [2.45, 2.75) is 32.8 Å². The van der Waals surface area contributed by atoms with E-state index < -0.39 is 26.9 Å². The van der Waals surface area contributed by atoms with Crippen molar-refractivity contribution in [1.29, 1.82) is 0 Å². The van der Waals surface area contributed by atoms with Crippen molar-refractivity contribution in [2.75, 3.05) is 0 Å². The van der Waals surface area contributed by atoms with Crippen LogP contribution >= 0.6 is 0 Å². The van der Waals surface area contributed by atoms with Gasteiger partial charge in [-0.2, -0.15) is 21.6 Å². The number of pyridine rings is 2. The average Bonchev–Trinajstić information content (AvgIpc) is 2.81. The Balaban J connectivity index is 2.19. The molecule has 0 aromatic carbocycles. The normalized spacial score (nSPS) is 13.5. The summed E-state index contributed by atoms with van der Waals surface area (Å²) in [6.07, 6.45) is 0. The monoisotopic (exact) mass is 374 g/mol. The Morgan fingerprint density at radius 1 is 1.20 bits per heavy atom. The molecule has 0 saturated heterocycles. The predicted molar refractivity (Wildman–Crippen MR) is 82.8 cm³/mol. The maximum absolute atomic E-state index is 12.6. The third kappa shape index (κ3) is 2.70. The minimum absolute atomic E-state index is 0.213. The fourth-order valence-electron chi connectivity index (χ4n) is 2.61. The van der Waals surface area contributed by atoms with Crippen molar-refractivity contribution in [3.05, 3.63) is 44.9 Å². The number of hydrogen-bond acceptors (Lipinski definition) is 5. The van der Waals surface area contributed by atoms with Gasteiger partial charge in [0.05, 0.1) is 23.5 Å². The molecule has 0 saturated carbocycles. The number of nitrogens with zero attached hydrogens (tertiary/aromatic N) is 2. The second-order valence-corrected chi connectivity index (χ2v) is 7.33. The van der Waals surface area contributed by atoms with Gasteiger partial charge in [-0.1, -0.05) is 6.07 Å². The number of rotatable bonds is 2. The first-order chi connectivity index (χ1) is 11.4. The zero-order valence-corrected chi connectivity index (χ0v) is 14.2. The first kappa shape index (κ1) is 17.5. The van der Waals surface area contributed by atoms with Crippen LogP contribution in [-0.4, -0.2) is 23.5 Å². The van der Waals surface area contributed by atoms with Crippen LogP contribution in [0.4, 0.5) is 13.2 Å². The van der Waals surface area contributed by atoms with Crippen molar-refractivity contribution >= 4 is 10.1 Å². The van der Waals surface area contributed by atoms with E-state index in [1.807, 2.05) is 13.0 Å². The Morgan fingerprint density at radius 2 is 1.84 bits per heavy atom. The van der Waals surface area contributed by atoms with Gasteiger partial charge in [-0.05, 0) is 26.3 Å². The van der Waals surface area contributed by atoms with E-state index in [2.05, 4.69) is 9.17 Å². The molecule has 3 rings (SSSR count). The van der Waals surface area contributed by atoms with Crippen LogP contribution in [-0.2, 0) is 16.7 Å². The number of halogens is 3. The molecule has 0 radical (unpaired) electrons. The van der Waals surface area contributed by atoms with Crippen LogP contribution in [0.5, 0.6) is 5.75 Å². The molecule has 0 N–H and O–H groups in total. The summed E-state index contributed by atoms with van der Waals surface area (Å²) < 4.78 is 65.7. The molecular weight excluding hydrogens is 361 g/mol. The number of aromatic nitrogens is 2. The fraction of sp³-hybridized carbons (Fsp3) is 0.333. The molecule has 0 aliphatic carbocycles. The lowest BCUT2D eigenvalue weighted by atomic mass is 10.1. The van der Waals surface area contributed by atoms with E-state index in [1.165, 1.54) is 11.5 Å². The Kier molecular flexibility index (Phi) is 3.71. The number of fused-ring (bicyclic) bond motifs is 3. The van der Waals surface area contributed by atoms with Crippen molar-refractivity contribution in [1.82, 2.24) is 9.55 Å². The van der Waals surface area contributed by atoms with E-state index in [-0.39, 0.29) is 17.8 Å². The van der Waals surface area contributed by atoms with Gasteiger partial charge >= 0.3 is 15.6 Å². The highest BCUT2D eigenvalue weighted by Gasteiger charge is 2.49. The Bertz CT molecular complexity index is 1060. The molecule has 25 heavy (non-hydrogen) atoms. The van der Waals surface area contributed by atoms with Crippen LogP contribution in [0, 0.1) is 20.8 Å². The van der Waals surface area contributed by atoms with E-state index in [4.69, 9.17) is 0 Å². The Labute approximate surface area is 141 Å². The summed E-state index contributed by atoms with van der Waals surface area (Å²) in [7, 11) is -5.87. The fourth-order valence-corrected chi connectivity index (χ4v) is 3.11. The molecule has 134 valence electrons. The molecule has 3 heterocycles. The number of hydrogen-bond donors (Lipinski definition) is 0. The smallest absolute Gasteiger partial charge is 0.375 e. The summed E-state index contributed by atoms with van der Waals surface area (Å²) in [4.78, 5) is 16.8. The van der Waals surface area contributed by atoms with Crippen LogP contribution in [0.1, 0.15) is 22.4 Å². The van der Waals surface area contributed by atoms with Crippen molar-refractivity contribution in [3.8, 4) is 17.1 Å². The Hall–Kier alpha value is -2.36. The largest absolute Gasteiger partial charge is 0.534 e. The SMILES string of the molecule is Cc1cc2c(nc1C)-c1cc(OS(=O)(=O)C(F)(F)F)c(C)c(=O)n1C2. The van der Waals surface area contributed by atoms with E-state index in [1.54, 1.807) is 6.92 Å².